The molecule has 5 rings (SSSR count). The predicted octanol–water partition coefficient (Wildman–Crippen LogP) is 5.53. The van der Waals surface area contributed by atoms with Gasteiger partial charge in [0.2, 0.25) is 0 Å². The summed E-state index contributed by atoms with van der Waals surface area (Å²) in [7, 11) is 1.64. The van der Waals surface area contributed by atoms with E-state index in [1.54, 1.807) is 7.11 Å². The monoisotopic (exact) mass is 457 g/mol. The molecule has 1 aliphatic heterocycles. The van der Waals surface area contributed by atoms with Crippen LogP contribution in [0.25, 0.3) is 22.2 Å². The molecule has 166 valence electrons. The lowest BCUT2D eigenvalue weighted by Crippen LogP contribution is -2.48. The Morgan fingerprint density at radius 1 is 0.909 bits per heavy atom. The third-order valence-electron chi connectivity index (χ3n) is 6.05. The zero-order valence-electron chi connectivity index (χ0n) is 18.4. The fraction of sp³-hybridized carbons (Fsp3) is 0.185. The standard InChI is InChI=1S/C27H24ClN3O2/c1-33-22-9-4-6-19(16-22)26-18-24(23-10-2-3-11-25(23)29-26)27(32)31-14-12-30(13-15-31)21-8-5-7-20(28)17-21/h2-11,16-18H,12-15H2,1H3. The molecule has 2 heterocycles. The maximum absolute atomic E-state index is 13.7. The van der Waals surface area contributed by atoms with Gasteiger partial charge < -0.3 is 14.5 Å². The van der Waals surface area contributed by atoms with Crippen LogP contribution in [0.15, 0.2) is 78.9 Å². The molecule has 0 unspecified atom stereocenters. The Hall–Kier alpha value is -3.57. The lowest BCUT2D eigenvalue weighted by atomic mass is 10.0. The second-order valence-electron chi connectivity index (χ2n) is 8.06. The molecule has 0 radical (unpaired) electrons. The van der Waals surface area contributed by atoms with Crippen LogP contribution in [0, 0.1) is 0 Å². The van der Waals surface area contributed by atoms with Gasteiger partial charge in [-0.25, -0.2) is 4.98 Å². The van der Waals surface area contributed by atoms with E-state index < -0.39 is 0 Å². The molecule has 3 aromatic carbocycles. The summed E-state index contributed by atoms with van der Waals surface area (Å²) in [6.45, 7) is 2.82. The summed E-state index contributed by atoms with van der Waals surface area (Å²) < 4.78 is 5.37. The number of benzene rings is 3. The quantitative estimate of drug-likeness (QED) is 0.404. The van der Waals surface area contributed by atoms with Gasteiger partial charge in [-0.2, -0.15) is 0 Å². The van der Waals surface area contributed by atoms with Gasteiger partial charge in [0, 0.05) is 47.8 Å². The average molecular weight is 458 g/mol. The maximum Gasteiger partial charge on any atom is 0.254 e. The van der Waals surface area contributed by atoms with Crippen LogP contribution in [-0.4, -0.2) is 49.1 Å². The van der Waals surface area contributed by atoms with Crippen LogP contribution < -0.4 is 9.64 Å². The average Bonchev–Trinajstić information content (AvgIpc) is 2.87. The summed E-state index contributed by atoms with van der Waals surface area (Å²) in [5, 5.41) is 1.59. The maximum atomic E-state index is 13.7. The number of piperazine rings is 1. The molecule has 0 N–H and O–H groups in total. The number of hydrogen-bond donors (Lipinski definition) is 0. The van der Waals surface area contributed by atoms with E-state index in [0.29, 0.717) is 18.7 Å². The van der Waals surface area contributed by atoms with E-state index in [9.17, 15) is 4.79 Å². The molecule has 6 heteroatoms. The lowest BCUT2D eigenvalue weighted by molar-refractivity contribution is 0.0748. The highest BCUT2D eigenvalue weighted by atomic mass is 35.5. The first-order valence-corrected chi connectivity index (χ1v) is 11.3. The molecular weight excluding hydrogens is 434 g/mol. The number of hydrogen-bond acceptors (Lipinski definition) is 4. The van der Waals surface area contributed by atoms with Crippen molar-refractivity contribution in [2.45, 2.75) is 0 Å². The molecule has 1 aliphatic rings. The molecule has 0 aliphatic carbocycles. The van der Waals surface area contributed by atoms with Gasteiger partial charge in [0.05, 0.1) is 23.9 Å². The first kappa shape index (κ1) is 21.3. The Morgan fingerprint density at radius 2 is 1.70 bits per heavy atom. The number of carbonyl (C=O) groups excluding carboxylic acids is 1. The number of rotatable bonds is 4. The summed E-state index contributed by atoms with van der Waals surface area (Å²) in [4.78, 5) is 22.7. The van der Waals surface area contributed by atoms with Crippen molar-refractivity contribution in [3.8, 4) is 17.0 Å². The van der Waals surface area contributed by atoms with Crippen molar-refractivity contribution in [2.24, 2.45) is 0 Å². The van der Waals surface area contributed by atoms with Gasteiger partial charge in [-0.15, -0.1) is 0 Å². The van der Waals surface area contributed by atoms with Crippen molar-refractivity contribution in [3.05, 3.63) is 89.4 Å². The first-order chi connectivity index (χ1) is 16.1. The third-order valence-corrected chi connectivity index (χ3v) is 6.29. The fourth-order valence-electron chi connectivity index (χ4n) is 4.29. The number of halogens is 1. The molecule has 1 fully saturated rings. The van der Waals surface area contributed by atoms with Crippen LogP contribution in [0.2, 0.25) is 5.02 Å². The highest BCUT2D eigenvalue weighted by molar-refractivity contribution is 6.30. The molecule has 0 bridgehead atoms. The summed E-state index contributed by atoms with van der Waals surface area (Å²) in [5.41, 5.74) is 4.24. The highest BCUT2D eigenvalue weighted by Gasteiger charge is 2.24. The SMILES string of the molecule is COc1cccc(-c2cc(C(=O)N3CCN(c4cccc(Cl)c4)CC3)c3ccccc3n2)c1. The zero-order chi connectivity index (χ0) is 22.8. The molecule has 33 heavy (non-hydrogen) atoms. The summed E-state index contributed by atoms with van der Waals surface area (Å²) in [6, 6.07) is 25.3. The number of nitrogens with zero attached hydrogens (tertiary/aromatic N) is 3. The summed E-state index contributed by atoms with van der Waals surface area (Å²) in [6.07, 6.45) is 0. The van der Waals surface area contributed by atoms with Crippen LogP contribution in [-0.2, 0) is 0 Å². The largest absolute Gasteiger partial charge is 0.497 e. The molecule has 1 aromatic heterocycles. The molecule has 1 amide bonds. The van der Waals surface area contributed by atoms with Crippen LogP contribution in [0.3, 0.4) is 0 Å². The Balaban J connectivity index is 1.44. The van der Waals surface area contributed by atoms with Gasteiger partial charge in [-0.3, -0.25) is 4.79 Å². The lowest BCUT2D eigenvalue weighted by Gasteiger charge is -2.36. The van der Waals surface area contributed by atoms with E-state index in [1.807, 2.05) is 77.7 Å². The minimum atomic E-state index is 0.0310. The van der Waals surface area contributed by atoms with E-state index in [4.69, 9.17) is 21.3 Å². The van der Waals surface area contributed by atoms with E-state index in [0.717, 1.165) is 51.7 Å². The number of carbonyl (C=O) groups is 1. The molecule has 0 spiro atoms. The third kappa shape index (κ3) is 4.37. The van der Waals surface area contributed by atoms with Crippen molar-refractivity contribution in [1.82, 2.24) is 9.88 Å². The minimum Gasteiger partial charge on any atom is -0.497 e. The number of aromatic nitrogens is 1. The second-order valence-corrected chi connectivity index (χ2v) is 8.50. The van der Waals surface area contributed by atoms with E-state index >= 15 is 0 Å². The van der Waals surface area contributed by atoms with Crippen LogP contribution >= 0.6 is 11.6 Å². The first-order valence-electron chi connectivity index (χ1n) is 11.0. The Labute approximate surface area is 198 Å². The predicted molar refractivity (Wildman–Crippen MR) is 133 cm³/mol. The summed E-state index contributed by atoms with van der Waals surface area (Å²) in [5.74, 6) is 0.788. The number of pyridine rings is 1. The molecule has 0 atom stereocenters. The number of ether oxygens (including phenoxy) is 1. The number of anilines is 1. The minimum absolute atomic E-state index is 0.0310. The highest BCUT2D eigenvalue weighted by Crippen LogP contribution is 2.28. The van der Waals surface area contributed by atoms with Crippen LogP contribution in [0.5, 0.6) is 5.75 Å². The van der Waals surface area contributed by atoms with E-state index in [1.165, 1.54) is 0 Å². The number of amides is 1. The van der Waals surface area contributed by atoms with Crippen molar-refractivity contribution in [1.29, 1.82) is 0 Å². The molecule has 5 nitrogen and oxygen atoms in total. The smallest absolute Gasteiger partial charge is 0.254 e. The van der Waals surface area contributed by atoms with Crippen molar-refractivity contribution in [3.63, 3.8) is 0 Å². The van der Waals surface area contributed by atoms with Gasteiger partial charge in [0.15, 0.2) is 0 Å². The topological polar surface area (TPSA) is 45.7 Å². The van der Waals surface area contributed by atoms with Crippen molar-refractivity contribution >= 4 is 34.1 Å². The number of para-hydroxylation sites is 1. The molecule has 1 saturated heterocycles. The zero-order valence-corrected chi connectivity index (χ0v) is 19.1. The van der Waals surface area contributed by atoms with Crippen LogP contribution in [0.4, 0.5) is 5.69 Å². The molecule has 0 saturated carbocycles. The number of fused-ring (bicyclic) bond motifs is 1. The molecule has 4 aromatic rings. The Morgan fingerprint density at radius 3 is 2.48 bits per heavy atom. The van der Waals surface area contributed by atoms with Crippen molar-refractivity contribution < 1.29 is 9.53 Å². The Kier molecular flexibility index (Phi) is 5.88. The number of methoxy groups -OCH3 is 1. The van der Waals surface area contributed by atoms with Gasteiger partial charge in [-0.1, -0.05) is 48.0 Å². The van der Waals surface area contributed by atoms with Gasteiger partial charge in [0.25, 0.3) is 5.91 Å². The molecular formula is C27H24ClN3O2. The van der Waals surface area contributed by atoms with E-state index in [-0.39, 0.29) is 5.91 Å². The second kappa shape index (κ2) is 9.12. The summed E-state index contributed by atoms with van der Waals surface area (Å²) >= 11 is 6.16. The van der Waals surface area contributed by atoms with Crippen molar-refractivity contribution in [2.75, 3.05) is 38.2 Å². The Bertz CT molecular complexity index is 1320. The van der Waals surface area contributed by atoms with Gasteiger partial charge in [0.1, 0.15) is 5.75 Å². The van der Waals surface area contributed by atoms with Gasteiger partial charge >= 0.3 is 0 Å². The van der Waals surface area contributed by atoms with Gasteiger partial charge in [-0.05, 0) is 42.5 Å². The fourth-order valence-corrected chi connectivity index (χ4v) is 4.48. The van der Waals surface area contributed by atoms with E-state index in [2.05, 4.69) is 11.0 Å². The van der Waals surface area contributed by atoms with Crippen LogP contribution in [0.1, 0.15) is 10.4 Å². The normalized spacial score (nSPS) is 13.9.